The molecule has 0 saturated carbocycles. The van der Waals surface area contributed by atoms with E-state index in [9.17, 15) is 8.42 Å². The first-order valence-corrected chi connectivity index (χ1v) is 8.44. The molecule has 0 aliphatic carbocycles. The van der Waals surface area contributed by atoms with Gasteiger partial charge in [-0.1, -0.05) is 23.8 Å². The summed E-state index contributed by atoms with van der Waals surface area (Å²) >= 11 is 0. The van der Waals surface area contributed by atoms with E-state index in [0.29, 0.717) is 6.54 Å². The van der Waals surface area contributed by atoms with Gasteiger partial charge in [0.15, 0.2) is 9.84 Å². The molecule has 0 spiro atoms. The summed E-state index contributed by atoms with van der Waals surface area (Å²) < 4.78 is 22.6. The van der Waals surface area contributed by atoms with Gasteiger partial charge in [0.05, 0.1) is 4.75 Å². The van der Waals surface area contributed by atoms with Crippen LogP contribution in [0.5, 0.6) is 0 Å². The first kappa shape index (κ1) is 16.2. The average molecular weight is 283 g/mol. The Morgan fingerprint density at radius 3 is 2.37 bits per heavy atom. The lowest BCUT2D eigenvalue weighted by Crippen LogP contribution is -2.42. The highest BCUT2D eigenvalue weighted by Crippen LogP contribution is 2.21. The summed E-state index contributed by atoms with van der Waals surface area (Å²) in [6.07, 6.45) is 1.29. The molecule has 0 aliphatic heterocycles. The number of aryl methyl sites for hydroxylation is 2. The lowest BCUT2D eigenvalue weighted by Gasteiger charge is -2.26. The molecule has 1 unspecified atom stereocenters. The van der Waals surface area contributed by atoms with E-state index in [1.54, 1.807) is 13.8 Å². The van der Waals surface area contributed by atoms with Crippen LogP contribution in [0.1, 0.15) is 43.5 Å². The number of nitrogens with one attached hydrogen (secondary N) is 1. The maximum absolute atomic E-state index is 11.7. The predicted octanol–water partition coefficient (Wildman–Crippen LogP) is 2.78. The maximum atomic E-state index is 11.7. The highest BCUT2D eigenvalue weighted by atomic mass is 32.2. The fraction of sp³-hybridized carbons (Fsp3) is 0.600. The Balaban J connectivity index is 2.81. The van der Waals surface area contributed by atoms with E-state index in [4.69, 9.17) is 0 Å². The zero-order chi connectivity index (χ0) is 14.8. The summed E-state index contributed by atoms with van der Waals surface area (Å²) in [7, 11) is -3.06. The Morgan fingerprint density at radius 1 is 1.26 bits per heavy atom. The molecule has 19 heavy (non-hydrogen) atoms. The van der Waals surface area contributed by atoms with Crippen molar-refractivity contribution < 1.29 is 8.42 Å². The summed E-state index contributed by atoms with van der Waals surface area (Å²) in [6, 6.07) is 6.48. The van der Waals surface area contributed by atoms with E-state index >= 15 is 0 Å². The van der Waals surface area contributed by atoms with Gasteiger partial charge >= 0.3 is 0 Å². The van der Waals surface area contributed by atoms with Crippen LogP contribution in [0.15, 0.2) is 18.2 Å². The molecule has 0 aromatic heterocycles. The highest BCUT2D eigenvalue weighted by Gasteiger charge is 2.30. The molecule has 0 saturated heterocycles. The number of sulfone groups is 1. The summed E-state index contributed by atoms with van der Waals surface area (Å²) in [5.74, 6) is 0. The van der Waals surface area contributed by atoms with E-state index in [-0.39, 0.29) is 6.04 Å². The van der Waals surface area contributed by atoms with Gasteiger partial charge in [0.2, 0.25) is 0 Å². The van der Waals surface area contributed by atoms with Gasteiger partial charge in [-0.25, -0.2) is 8.42 Å². The van der Waals surface area contributed by atoms with Crippen LogP contribution in [0.4, 0.5) is 0 Å². The Morgan fingerprint density at radius 2 is 1.84 bits per heavy atom. The molecule has 1 aromatic rings. The van der Waals surface area contributed by atoms with Crippen LogP contribution >= 0.6 is 0 Å². The van der Waals surface area contributed by atoms with Crippen LogP contribution < -0.4 is 5.32 Å². The van der Waals surface area contributed by atoms with Crippen LogP contribution in [0.2, 0.25) is 0 Å². The molecule has 0 heterocycles. The van der Waals surface area contributed by atoms with Crippen molar-refractivity contribution in [1.29, 1.82) is 0 Å². The number of hydrogen-bond acceptors (Lipinski definition) is 3. The van der Waals surface area contributed by atoms with Crippen LogP contribution in [-0.4, -0.2) is 26.0 Å². The van der Waals surface area contributed by atoms with Crippen LogP contribution in [0, 0.1) is 13.8 Å². The molecule has 0 amide bonds. The monoisotopic (exact) mass is 283 g/mol. The predicted molar refractivity (Wildman–Crippen MR) is 81.3 cm³/mol. The largest absolute Gasteiger partial charge is 0.309 e. The van der Waals surface area contributed by atoms with Gasteiger partial charge in [-0.05, 0) is 45.7 Å². The molecule has 0 aliphatic rings. The lowest BCUT2D eigenvalue weighted by molar-refractivity contribution is 0.488. The average Bonchev–Trinajstić information content (AvgIpc) is 2.28. The van der Waals surface area contributed by atoms with E-state index in [2.05, 4.69) is 44.3 Å². The van der Waals surface area contributed by atoms with Gasteiger partial charge in [0.25, 0.3) is 0 Å². The normalized spacial score (nSPS) is 14.4. The second-order valence-electron chi connectivity index (χ2n) is 5.99. The van der Waals surface area contributed by atoms with Crippen LogP contribution in [0.25, 0.3) is 0 Å². The first-order chi connectivity index (χ1) is 8.54. The van der Waals surface area contributed by atoms with Crippen LogP contribution in [0.3, 0.4) is 0 Å². The number of rotatable bonds is 5. The molecule has 1 N–H and O–H groups in total. The quantitative estimate of drug-likeness (QED) is 0.904. The molecule has 3 nitrogen and oxygen atoms in total. The third-order valence-electron chi connectivity index (χ3n) is 3.74. The first-order valence-electron chi connectivity index (χ1n) is 6.55. The Hall–Kier alpha value is -0.870. The highest BCUT2D eigenvalue weighted by molar-refractivity contribution is 7.92. The molecule has 1 aromatic carbocycles. The maximum Gasteiger partial charge on any atom is 0.153 e. The second-order valence-corrected chi connectivity index (χ2v) is 8.64. The van der Waals surface area contributed by atoms with Crippen molar-refractivity contribution in [3.63, 3.8) is 0 Å². The van der Waals surface area contributed by atoms with E-state index in [1.165, 1.54) is 22.9 Å². The fourth-order valence-electron chi connectivity index (χ4n) is 1.87. The molecular weight excluding hydrogens is 258 g/mol. The number of hydrogen-bond donors (Lipinski definition) is 1. The number of benzene rings is 1. The Bertz CT molecular complexity index is 547. The van der Waals surface area contributed by atoms with E-state index in [1.807, 2.05) is 0 Å². The van der Waals surface area contributed by atoms with Crippen LogP contribution in [-0.2, 0) is 9.84 Å². The van der Waals surface area contributed by atoms with Crippen molar-refractivity contribution in [2.45, 2.75) is 45.4 Å². The van der Waals surface area contributed by atoms with Gasteiger partial charge < -0.3 is 5.32 Å². The minimum atomic E-state index is -3.06. The van der Waals surface area contributed by atoms with Gasteiger partial charge in [0.1, 0.15) is 0 Å². The van der Waals surface area contributed by atoms with Crippen molar-refractivity contribution >= 4 is 9.84 Å². The summed E-state index contributed by atoms with van der Waals surface area (Å²) in [5.41, 5.74) is 3.67. The van der Waals surface area contributed by atoms with Crippen molar-refractivity contribution in [3.8, 4) is 0 Å². The SMILES string of the molecule is Cc1ccc(C)c(C(C)NCC(C)(C)S(C)(=O)=O)c1. The molecule has 1 atom stereocenters. The smallest absolute Gasteiger partial charge is 0.153 e. The van der Waals surface area contributed by atoms with E-state index in [0.717, 1.165) is 0 Å². The zero-order valence-corrected chi connectivity index (χ0v) is 13.6. The molecule has 0 bridgehead atoms. The van der Waals surface area contributed by atoms with E-state index < -0.39 is 14.6 Å². The molecular formula is C15H25NO2S. The summed E-state index contributed by atoms with van der Waals surface area (Å²) in [5, 5.41) is 3.33. The molecule has 0 fully saturated rings. The van der Waals surface area contributed by atoms with Crippen molar-refractivity contribution in [3.05, 3.63) is 34.9 Å². The second kappa shape index (κ2) is 5.63. The molecule has 1 rings (SSSR count). The minimum absolute atomic E-state index is 0.140. The molecule has 0 radical (unpaired) electrons. The Kier molecular flexibility index (Phi) is 4.80. The lowest BCUT2D eigenvalue weighted by atomic mass is 9.99. The third kappa shape index (κ3) is 4.05. The van der Waals surface area contributed by atoms with Gasteiger partial charge in [0, 0.05) is 18.8 Å². The van der Waals surface area contributed by atoms with Gasteiger partial charge in [-0.2, -0.15) is 0 Å². The van der Waals surface area contributed by atoms with Crippen molar-refractivity contribution in [2.24, 2.45) is 0 Å². The third-order valence-corrected chi connectivity index (χ3v) is 5.89. The summed E-state index contributed by atoms with van der Waals surface area (Å²) in [6.45, 7) is 10.2. The fourth-order valence-corrected chi connectivity index (χ4v) is 2.21. The minimum Gasteiger partial charge on any atom is -0.309 e. The Labute approximate surface area is 117 Å². The van der Waals surface area contributed by atoms with Gasteiger partial charge in [-0.3, -0.25) is 0 Å². The standard InChI is InChI=1S/C15H25NO2S/c1-11-7-8-12(2)14(9-11)13(3)16-10-15(4,5)19(6,17)18/h7-9,13,16H,10H2,1-6H3. The molecule has 4 heteroatoms. The summed E-state index contributed by atoms with van der Waals surface area (Å²) in [4.78, 5) is 0. The zero-order valence-electron chi connectivity index (χ0n) is 12.7. The molecule has 108 valence electrons. The topological polar surface area (TPSA) is 46.2 Å². The van der Waals surface area contributed by atoms with Crippen molar-refractivity contribution in [2.75, 3.05) is 12.8 Å². The van der Waals surface area contributed by atoms with Gasteiger partial charge in [-0.15, -0.1) is 0 Å². The van der Waals surface area contributed by atoms with Crippen molar-refractivity contribution in [1.82, 2.24) is 5.32 Å².